The number of imidazole rings is 1. The Balaban J connectivity index is 1.89. The highest BCUT2D eigenvalue weighted by Crippen LogP contribution is 2.26. The van der Waals surface area contributed by atoms with Crippen molar-refractivity contribution in [3.63, 3.8) is 0 Å². The molecule has 136 valence electrons. The van der Waals surface area contributed by atoms with Crippen LogP contribution in [0.1, 0.15) is 39.6 Å². The molecule has 8 heteroatoms. The van der Waals surface area contributed by atoms with Gasteiger partial charge in [0.25, 0.3) is 11.8 Å². The van der Waals surface area contributed by atoms with Crippen molar-refractivity contribution in [1.29, 1.82) is 0 Å². The topological polar surface area (TPSA) is 76.0 Å². The van der Waals surface area contributed by atoms with Gasteiger partial charge in [-0.1, -0.05) is 29.3 Å². The van der Waals surface area contributed by atoms with Crippen molar-refractivity contribution in [1.82, 2.24) is 14.9 Å². The van der Waals surface area contributed by atoms with Crippen LogP contribution in [0.5, 0.6) is 0 Å². The van der Waals surface area contributed by atoms with Crippen molar-refractivity contribution >= 4 is 40.7 Å². The highest BCUT2D eigenvalue weighted by atomic mass is 35.5. The van der Waals surface area contributed by atoms with E-state index in [9.17, 15) is 9.59 Å². The van der Waals surface area contributed by atoms with Crippen molar-refractivity contribution in [2.45, 2.75) is 25.8 Å². The molecule has 0 saturated heterocycles. The quantitative estimate of drug-likeness (QED) is 0.761. The highest BCUT2D eigenvalue weighted by Gasteiger charge is 2.27. The molecular formula is C18H18Cl2N4O2. The Hall–Kier alpha value is -2.31. The van der Waals surface area contributed by atoms with Gasteiger partial charge in [-0.25, -0.2) is 4.98 Å². The third-order valence-electron chi connectivity index (χ3n) is 4.12. The van der Waals surface area contributed by atoms with Crippen LogP contribution in [0.15, 0.2) is 30.9 Å². The third-order valence-corrected chi connectivity index (χ3v) is 4.86. The van der Waals surface area contributed by atoms with E-state index in [1.165, 1.54) is 0 Å². The Morgan fingerprint density at radius 2 is 2.04 bits per heavy atom. The molecule has 0 unspecified atom stereocenters. The number of fused-ring (bicyclic) bond motifs is 1. The van der Waals surface area contributed by atoms with Crippen LogP contribution >= 0.6 is 23.2 Å². The minimum absolute atomic E-state index is 0.217. The summed E-state index contributed by atoms with van der Waals surface area (Å²) in [5.41, 5.74) is 1.60. The molecule has 0 saturated carbocycles. The number of carbonyl (C=O) groups is 2. The lowest BCUT2D eigenvalue weighted by atomic mass is 10.1. The Kier molecular flexibility index (Phi) is 5.64. The number of amides is 2. The minimum atomic E-state index is -0.394. The molecule has 1 aromatic heterocycles. The number of carbonyl (C=O) groups excluding carboxylic acids is 2. The van der Waals surface area contributed by atoms with Gasteiger partial charge in [-0.3, -0.25) is 9.59 Å². The predicted octanol–water partition coefficient (Wildman–Crippen LogP) is 3.69. The summed E-state index contributed by atoms with van der Waals surface area (Å²) in [4.78, 5) is 29.4. The van der Waals surface area contributed by atoms with Crippen LogP contribution in [0.4, 0.5) is 5.69 Å². The van der Waals surface area contributed by atoms with Crippen LogP contribution in [0.25, 0.3) is 0 Å². The number of hydrogen-bond donors (Lipinski definition) is 2. The van der Waals surface area contributed by atoms with Gasteiger partial charge in [0, 0.05) is 18.8 Å². The van der Waals surface area contributed by atoms with Crippen molar-refractivity contribution < 1.29 is 9.59 Å². The minimum Gasteiger partial charge on any atom is -0.347 e. The molecule has 1 aromatic carbocycles. The van der Waals surface area contributed by atoms with Gasteiger partial charge in [-0.05, 0) is 37.5 Å². The fourth-order valence-corrected chi connectivity index (χ4v) is 3.21. The molecule has 0 spiro atoms. The molecule has 2 amide bonds. The van der Waals surface area contributed by atoms with Crippen LogP contribution in [0, 0.1) is 0 Å². The molecule has 2 heterocycles. The molecule has 0 aliphatic carbocycles. The fraction of sp³-hybridized carbons (Fsp3) is 0.278. The lowest BCUT2D eigenvalue weighted by Crippen LogP contribution is -2.25. The Bertz CT molecular complexity index is 876. The van der Waals surface area contributed by atoms with Gasteiger partial charge in [-0.15, -0.1) is 6.58 Å². The molecule has 6 nitrogen and oxygen atoms in total. The number of rotatable bonds is 5. The second-order valence-electron chi connectivity index (χ2n) is 5.92. The zero-order chi connectivity index (χ0) is 18.7. The van der Waals surface area contributed by atoms with Gasteiger partial charge < -0.3 is 15.2 Å². The number of nitrogens with zero attached hydrogens (tertiary/aromatic N) is 2. The van der Waals surface area contributed by atoms with Crippen LogP contribution in [0.2, 0.25) is 10.0 Å². The van der Waals surface area contributed by atoms with Crippen molar-refractivity contribution in [2.75, 3.05) is 11.9 Å². The van der Waals surface area contributed by atoms with E-state index >= 15 is 0 Å². The first-order chi connectivity index (χ1) is 12.5. The monoisotopic (exact) mass is 392 g/mol. The summed E-state index contributed by atoms with van der Waals surface area (Å²) in [7, 11) is 0. The molecule has 0 atom stereocenters. The van der Waals surface area contributed by atoms with E-state index in [0.717, 1.165) is 18.5 Å². The highest BCUT2D eigenvalue weighted by molar-refractivity contribution is 6.42. The molecule has 0 bridgehead atoms. The van der Waals surface area contributed by atoms with Crippen LogP contribution in [0.3, 0.4) is 0 Å². The lowest BCUT2D eigenvalue weighted by Gasteiger charge is -2.17. The van der Waals surface area contributed by atoms with Gasteiger partial charge in [0.1, 0.15) is 5.69 Å². The van der Waals surface area contributed by atoms with Crippen LogP contribution < -0.4 is 10.6 Å². The molecule has 1 aliphatic rings. The number of nitrogens with one attached hydrogen (secondary N) is 2. The smallest absolute Gasteiger partial charge is 0.291 e. The van der Waals surface area contributed by atoms with E-state index < -0.39 is 5.91 Å². The first-order valence-electron chi connectivity index (χ1n) is 8.26. The average molecular weight is 393 g/mol. The maximum atomic E-state index is 12.7. The largest absolute Gasteiger partial charge is 0.347 e. The van der Waals surface area contributed by atoms with Gasteiger partial charge in [0.05, 0.1) is 15.7 Å². The van der Waals surface area contributed by atoms with Gasteiger partial charge in [0.15, 0.2) is 5.82 Å². The number of benzene rings is 1. The maximum absolute atomic E-state index is 12.7. The Morgan fingerprint density at radius 3 is 2.77 bits per heavy atom. The zero-order valence-electron chi connectivity index (χ0n) is 14.0. The van der Waals surface area contributed by atoms with Crippen LogP contribution in [-0.4, -0.2) is 27.9 Å². The maximum Gasteiger partial charge on any atom is 0.291 e. The molecule has 1 aliphatic heterocycles. The number of halogens is 2. The Morgan fingerprint density at radius 1 is 1.23 bits per heavy atom. The summed E-state index contributed by atoms with van der Waals surface area (Å²) < 4.78 is 1.82. The number of anilines is 1. The standard InChI is InChI=1S/C18H18Cl2N4O2/c1-2-8-21-17(25)15-14-5-3-4-9-24(14)16(23-15)18(26)22-11-6-7-12(19)13(20)10-11/h2,6-7,10H,1,3-5,8-9H2,(H,21,25)(H,22,26). The SMILES string of the molecule is C=CCNC(=O)c1nc(C(=O)Nc2ccc(Cl)c(Cl)c2)n2c1CCCC2. The fourth-order valence-electron chi connectivity index (χ4n) is 2.91. The average Bonchev–Trinajstić information content (AvgIpc) is 3.03. The van der Waals surface area contributed by atoms with Crippen molar-refractivity contribution in [3.05, 3.63) is 58.1 Å². The molecule has 3 rings (SSSR count). The lowest BCUT2D eigenvalue weighted by molar-refractivity contribution is 0.0952. The van der Waals surface area contributed by atoms with Gasteiger partial charge >= 0.3 is 0 Å². The second-order valence-corrected chi connectivity index (χ2v) is 6.74. The summed E-state index contributed by atoms with van der Waals surface area (Å²) in [5, 5.41) is 6.23. The number of aromatic nitrogens is 2. The second kappa shape index (κ2) is 7.93. The molecule has 26 heavy (non-hydrogen) atoms. The van der Waals surface area contributed by atoms with Gasteiger partial charge in [0.2, 0.25) is 0 Å². The van der Waals surface area contributed by atoms with Crippen molar-refractivity contribution in [2.24, 2.45) is 0 Å². The van der Waals surface area contributed by atoms with E-state index in [1.807, 2.05) is 4.57 Å². The van der Waals surface area contributed by atoms with Gasteiger partial charge in [-0.2, -0.15) is 0 Å². The first kappa shape index (κ1) is 18.5. The summed E-state index contributed by atoms with van der Waals surface area (Å²) in [6.45, 7) is 4.58. The summed E-state index contributed by atoms with van der Waals surface area (Å²) in [6, 6.07) is 4.83. The van der Waals surface area contributed by atoms with E-state index in [-0.39, 0.29) is 11.7 Å². The van der Waals surface area contributed by atoms with E-state index in [0.29, 0.717) is 40.9 Å². The summed E-state index contributed by atoms with van der Waals surface area (Å²) in [6.07, 6.45) is 4.20. The molecule has 0 radical (unpaired) electrons. The van der Waals surface area contributed by atoms with E-state index in [2.05, 4.69) is 22.2 Å². The Labute approximate surface area is 161 Å². The number of hydrogen-bond acceptors (Lipinski definition) is 3. The first-order valence-corrected chi connectivity index (χ1v) is 9.01. The van der Waals surface area contributed by atoms with E-state index in [4.69, 9.17) is 23.2 Å². The molecule has 0 fully saturated rings. The zero-order valence-corrected chi connectivity index (χ0v) is 15.5. The normalized spacial score (nSPS) is 13.0. The molecule has 2 aromatic rings. The van der Waals surface area contributed by atoms with Crippen LogP contribution in [-0.2, 0) is 13.0 Å². The molecular weight excluding hydrogens is 375 g/mol. The van der Waals surface area contributed by atoms with E-state index in [1.54, 1.807) is 24.3 Å². The third kappa shape index (κ3) is 3.76. The summed E-state index contributed by atoms with van der Waals surface area (Å²) in [5.74, 6) is -0.479. The molecule has 2 N–H and O–H groups in total. The summed E-state index contributed by atoms with van der Waals surface area (Å²) >= 11 is 11.9. The van der Waals surface area contributed by atoms with Crippen molar-refractivity contribution in [3.8, 4) is 0 Å². The predicted molar refractivity (Wildman–Crippen MR) is 102 cm³/mol.